The van der Waals surface area contributed by atoms with E-state index in [1.807, 2.05) is 18.2 Å². The van der Waals surface area contributed by atoms with E-state index in [2.05, 4.69) is 62.4 Å². The van der Waals surface area contributed by atoms with Crippen LogP contribution in [0.1, 0.15) is 25.0 Å². The number of furan rings is 1. The Hall–Kier alpha value is -2.77. The fourth-order valence-electron chi connectivity index (χ4n) is 4.81. The molecule has 0 N–H and O–H groups in total. The second kappa shape index (κ2) is 4.94. The first-order valence-corrected chi connectivity index (χ1v) is 9.62. The van der Waals surface area contributed by atoms with Crippen molar-refractivity contribution in [2.45, 2.75) is 19.3 Å². The molecule has 1 aromatic heterocycles. The van der Waals surface area contributed by atoms with Gasteiger partial charge in [0.05, 0.1) is 5.02 Å². The molecule has 1 heterocycles. The molecule has 0 fully saturated rings. The van der Waals surface area contributed by atoms with Crippen molar-refractivity contribution in [1.82, 2.24) is 0 Å². The van der Waals surface area contributed by atoms with Gasteiger partial charge in [-0.1, -0.05) is 86.1 Å². The molecule has 5 aromatic rings. The van der Waals surface area contributed by atoms with E-state index in [4.69, 9.17) is 16.0 Å². The van der Waals surface area contributed by atoms with Crippen molar-refractivity contribution in [3.63, 3.8) is 0 Å². The summed E-state index contributed by atoms with van der Waals surface area (Å²) in [7, 11) is 0. The van der Waals surface area contributed by atoms with Crippen LogP contribution in [0.5, 0.6) is 0 Å². The van der Waals surface area contributed by atoms with Gasteiger partial charge < -0.3 is 4.42 Å². The highest BCUT2D eigenvalue weighted by Crippen LogP contribution is 2.53. The van der Waals surface area contributed by atoms with Gasteiger partial charge in [-0.15, -0.1) is 0 Å². The predicted octanol–water partition coefficient (Wildman–Crippen LogP) is 7.70. The lowest BCUT2D eigenvalue weighted by Crippen LogP contribution is -2.14. The molecule has 1 nitrogen and oxygen atoms in total. The molecule has 1 aliphatic rings. The van der Waals surface area contributed by atoms with Gasteiger partial charge in [-0.3, -0.25) is 0 Å². The van der Waals surface area contributed by atoms with Crippen LogP contribution in [0.25, 0.3) is 43.8 Å². The average molecular weight is 369 g/mol. The molecular formula is C25H17ClO. The Labute approximate surface area is 162 Å². The molecule has 130 valence electrons. The fraction of sp³-hybridized carbons (Fsp3) is 0.120. The average Bonchev–Trinajstić information content (AvgIpc) is 3.17. The van der Waals surface area contributed by atoms with E-state index < -0.39 is 0 Å². The Morgan fingerprint density at radius 3 is 2.44 bits per heavy atom. The van der Waals surface area contributed by atoms with E-state index in [-0.39, 0.29) is 5.41 Å². The van der Waals surface area contributed by atoms with Crippen molar-refractivity contribution in [2.24, 2.45) is 0 Å². The Balaban J connectivity index is 1.86. The SMILES string of the molecule is CC1(C)c2ccccc2-c2c1ccc1c2oc2c3ccccc3cc(Cl)c12. The van der Waals surface area contributed by atoms with Gasteiger partial charge >= 0.3 is 0 Å². The van der Waals surface area contributed by atoms with Gasteiger partial charge in [-0.25, -0.2) is 0 Å². The van der Waals surface area contributed by atoms with Gasteiger partial charge in [0.1, 0.15) is 11.2 Å². The first kappa shape index (κ1) is 15.3. The first-order chi connectivity index (χ1) is 13.1. The van der Waals surface area contributed by atoms with Crippen molar-refractivity contribution in [2.75, 3.05) is 0 Å². The maximum Gasteiger partial charge on any atom is 0.144 e. The highest BCUT2D eigenvalue weighted by Gasteiger charge is 2.37. The molecule has 0 spiro atoms. The lowest BCUT2D eigenvalue weighted by molar-refractivity contribution is 0.654. The minimum atomic E-state index is -0.0368. The van der Waals surface area contributed by atoms with E-state index in [9.17, 15) is 0 Å². The summed E-state index contributed by atoms with van der Waals surface area (Å²) in [6, 6.07) is 23.4. The quantitative estimate of drug-likeness (QED) is 0.273. The van der Waals surface area contributed by atoms with Crippen LogP contribution in [-0.4, -0.2) is 0 Å². The zero-order valence-electron chi connectivity index (χ0n) is 15.1. The second-order valence-corrected chi connectivity index (χ2v) is 8.33. The van der Waals surface area contributed by atoms with Gasteiger partial charge in [-0.2, -0.15) is 0 Å². The smallest absolute Gasteiger partial charge is 0.144 e. The van der Waals surface area contributed by atoms with E-state index in [1.165, 1.54) is 22.3 Å². The minimum absolute atomic E-state index is 0.0368. The standard InChI is InChI=1S/C25H17ClO/c1-25(2)18-10-6-5-9-16(18)21-19(25)12-11-17-22-20(26)13-14-7-3-4-8-15(14)23(22)27-24(17)21/h3-13H,1-2H3. The largest absolute Gasteiger partial charge is 0.455 e. The molecular weight excluding hydrogens is 352 g/mol. The van der Waals surface area contributed by atoms with Crippen LogP contribution in [-0.2, 0) is 5.41 Å². The van der Waals surface area contributed by atoms with Crippen molar-refractivity contribution < 1.29 is 4.42 Å². The predicted molar refractivity (Wildman–Crippen MR) is 114 cm³/mol. The zero-order chi connectivity index (χ0) is 18.3. The topological polar surface area (TPSA) is 13.1 Å². The van der Waals surface area contributed by atoms with Crippen LogP contribution in [0.3, 0.4) is 0 Å². The Bertz CT molecular complexity index is 1400. The van der Waals surface area contributed by atoms with Crippen molar-refractivity contribution >= 4 is 44.3 Å². The summed E-state index contributed by atoms with van der Waals surface area (Å²) in [5, 5.41) is 5.05. The van der Waals surface area contributed by atoms with Crippen LogP contribution >= 0.6 is 11.6 Å². The fourth-order valence-corrected chi connectivity index (χ4v) is 5.11. The second-order valence-electron chi connectivity index (χ2n) is 7.92. The summed E-state index contributed by atoms with van der Waals surface area (Å²) in [6.07, 6.45) is 0. The lowest BCUT2D eigenvalue weighted by Gasteiger charge is -2.21. The third-order valence-electron chi connectivity index (χ3n) is 6.13. The van der Waals surface area contributed by atoms with Crippen molar-refractivity contribution in [3.8, 4) is 11.1 Å². The number of fused-ring (bicyclic) bond motifs is 9. The van der Waals surface area contributed by atoms with Crippen LogP contribution < -0.4 is 0 Å². The Morgan fingerprint density at radius 2 is 1.56 bits per heavy atom. The molecule has 27 heavy (non-hydrogen) atoms. The van der Waals surface area contributed by atoms with E-state index in [0.717, 1.165) is 37.7 Å². The molecule has 0 saturated heterocycles. The minimum Gasteiger partial charge on any atom is -0.455 e. The van der Waals surface area contributed by atoms with Crippen molar-refractivity contribution in [1.29, 1.82) is 0 Å². The molecule has 6 rings (SSSR count). The maximum absolute atomic E-state index is 6.70. The molecule has 0 saturated carbocycles. The van der Waals surface area contributed by atoms with E-state index in [0.29, 0.717) is 0 Å². The van der Waals surface area contributed by atoms with Gasteiger partial charge in [-0.05, 0) is 28.1 Å². The van der Waals surface area contributed by atoms with Gasteiger partial charge in [0.15, 0.2) is 0 Å². The van der Waals surface area contributed by atoms with Crippen LogP contribution in [0, 0.1) is 0 Å². The summed E-state index contributed by atoms with van der Waals surface area (Å²) in [5.74, 6) is 0. The normalized spacial score (nSPS) is 14.8. The van der Waals surface area contributed by atoms with Crippen LogP contribution in [0.15, 0.2) is 71.1 Å². The number of hydrogen-bond donors (Lipinski definition) is 0. The van der Waals surface area contributed by atoms with Crippen LogP contribution in [0.2, 0.25) is 5.02 Å². The van der Waals surface area contributed by atoms with Gasteiger partial charge in [0.2, 0.25) is 0 Å². The molecule has 2 heteroatoms. The monoisotopic (exact) mass is 368 g/mol. The molecule has 4 aromatic carbocycles. The highest BCUT2D eigenvalue weighted by molar-refractivity contribution is 6.40. The van der Waals surface area contributed by atoms with E-state index >= 15 is 0 Å². The van der Waals surface area contributed by atoms with Crippen molar-refractivity contribution in [3.05, 3.63) is 82.9 Å². The molecule has 0 atom stereocenters. The maximum atomic E-state index is 6.70. The molecule has 0 radical (unpaired) electrons. The lowest BCUT2D eigenvalue weighted by atomic mass is 9.82. The van der Waals surface area contributed by atoms with E-state index in [1.54, 1.807) is 0 Å². The molecule has 1 aliphatic carbocycles. The zero-order valence-corrected chi connectivity index (χ0v) is 15.9. The summed E-state index contributed by atoms with van der Waals surface area (Å²) < 4.78 is 6.56. The Morgan fingerprint density at radius 1 is 0.778 bits per heavy atom. The van der Waals surface area contributed by atoms with Gasteiger partial charge in [0.25, 0.3) is 0 Å². The molecule has 0 aliphatic heterocycles. The molecule has 0 unspecified atom stereocenters. The number of rotatable bonds is 0. The summed E-state index contributed by atoms with van der Waals surface area (Å²) in [5.41, 5.74) is 6.93. The summed E-state index contributed by atoms with van der Waals surface area (Å²) >= 11 is 6.70. The molecule has 0 bridgehead atoms. The molecule has 0 amide bonds. The number of hydrogen-bond acceptors (Lipinski definition) is 1. The number of benzene rings is 4. The highest BCUT2D eigenvalue weighted by atomic mass is 35.5. The Kier molecular flexibility index (Phi) is 2.80. The third kappa shape index (κ3) is 1.80. The summed E-state index contributed by atoms with van der Waals surface area (Å²) in [4.78, 5) is 0. The number of halogens is 1. The third-order valence-corrected chi connectivity index (χ3v) is 6.43. The first-order valence-electron chi connectivity index (χ1n) is 9.24. The van der Waals surface area contributed by atoms with Crippen LogP contribution in [0.4, 0.5) is 0 Å². The summed E-state index contributed by atoms with van der Waals surface area (Å²) in [6.45, 7) is 4.57. The van der Waals surface area contributed by atoms with Gasteiger partial charge in [0, 0.05) is 27.1 Å².